The first-order valence-electron chi connectivity index (χ1n) is 8.98. The zero-order valence-corrected chi connectivity index (χ0v) is 16.8. The minimum atomic E-state index is -0.817. The summed E-state index contributed by atoms with van der Waals surface area (Å²) in [5, 5.41) is 0. The van der Waals surface area contributed by atoms with Gasteiger partial charge in [0.05, 0.1) is 0 Å². The first-order chi connectivity index (χ1) is 14.0. The zero-order chi connectivity index (χ0) is 20.5. The van der Waals surface area contributed by atoms with Gasteiger partial charge in [-0.25, -0.2) is 4.79 Å². The van der Waals surface area contributed by atoms with Gasteiger partial charge < -0.3 is 4.90 Å². The Bertz CT molecular complexity index is 1200. The van der Waals surface area contributed by atoms with Gasteiger partial charge in [-0.05, 0) is 42.8 Å². The van der Waals surface area contributed by atoms with E-state index >= 15 is 0 Å². The monoisotopic (exact) mass is 453 g/mol. The summed E-state index contributed by atoms with van der Waals surface area (Å²) in [4.78, 5) is 52.5. The van der Waals surface area contributed by atoms with Crippen LogP contribution in [0, 0.1) is 0 Å². The number of anilines is 1. The van der Waals surface area contributed by atoms with Gasteiger partial charge in [0.15, 0.2) is 0 Å². The third-order valence-electron chi connectivity index (χ3n) is 4.89. The maximum atomic E-state index is 13.0. The van der Waals surface area contributed by atoms with Crippen molar-refractivity contribution in [2.24, 2.45) is 0 Å². The van der Waals surface area contributed by atoms with E-state index in [4.69, 9.17) is 0 Å². The first kappa shape index (κ1) is 19.1. The van der Waals surface area contributed by atoms with Crippen molar-refractivity contribution < 1.29 is 9.59 Å². The van der Waals surface area contributed by atoms with Gasteiger partial charge in [0.2, 0.25) is 5.91 Å². The van der Waals surface area contributed by atoms with Crippen LogP contribution in [0.3, 0.4) is 0 Å². The second-order valence-corrected chi connectivity index (χ2v) is 7.54. The molecule has 2 aromatic carbocycles. The Hall–Kier alpha value is -3.26. The molecule has 3 aromatic rings. The molecule has 1 aliphatic heterocycles. The second-order valence-electron chi connectivity index (χ2n) is 6.62. The van der Waals surface area contributed by atoms with Crippen molar-refractivity contribution in [1.29, 1.82) is 0 Å². The predicted octanol–water partition coefficient (Wildman–Crippen LogP) is 2.44. The minimum absolute atomic E-state index is 0.221. The summed E-state index contributed by atoms with van der Waals surface area (Å²) in [6.45, 7) is 0.434. The summed E-state index contributed by atoms with van der Waals surface area (Å²) < 4.78 is 2.64. The number of hydrogen-bond acceptors (Lipinski definition) is 4. The van der Waals surface area contributed by atoms with E-state index in [9.17, 15) is 19.2 Å². The number of rotatable bonds is 3. The van der Waals surface area contributed by atoms with Gasteiger partial charge in [-0.2, -0.15) is 4.57 Å². The number of carbonyl (C=O) groups excluding carboxylic acids is 2. The average Bonchev–Trinajstić information content (AvgIpc) is 3.10. The van der Waals surface area contributed by atoms with Crippen molar-refractivity contribution in [3.8, 4) is 0 Å². The van der Waals surface area contributed by atoms with Gasteiger partial charge >= 0.3 is 5.69 Å². The highest BCUT2D eigenvalue weighted by atomic mass is 79.9. The van der Waals surface area contributed by atoms with Crippen molar-refractivity contribution in [3.63, 3.8) is 0 Å². The Morgan fingerprint density at radius 3 is 2.31 bits per heavy atom. The van der Waals surface area contributed by atoms with Crippen LogP contribution in [0.1, 0.15) is 22.8 Å². The molecule has 1 unspecified atom stereocenters. The fourth-order valence-corrected chi connectivity index (χ4v) is 3.69. The highest BCUT2D eigenvalue weighted by molar-refractivity contribution is 9.10. The highest BCUT2D eigenvalue weighted by Gasteiger charge is 2.35. The number of amides is 1. The summed E-state index contributed by atoms with van der Waals surface area (Å²) >= 11 is 3.36. The number of hydrogen-bond donors (Lipinski definition) is 0. The first-order valence-corrected chi connectivity index (χ1v) is 9.77. The fourth-order valence-electron chi connectivity index (χ4n) is 3.43. The lowest BCUT2D eigenvalue weighted by Gasteiger charge is -2.18. The van der Waals surface area contributed by atoms with Gasteiger partial charge in [0.25, 0.3) is 11.5 Å². The molecule has 8 heteroatoms. The molecule has 7 nitrogen and oxygen atoms in total. The van der Waals surface area contributed by atoms with Crippen LogP contribution in [-0.4, -0.2) is 27.5 Å². The molecule has 1 atom stereocenters. The number of benzene rings is 2. The molecule has 0 spiro atoms. The minimum Gasteiger partial charge on any atom is -0.311 e. The largest absolute Gasteiger partial charge is 0.338 e. The predicted molar refractivity (Wildman–Crippen MR) is 111 cm³/mol. The maximum Gasteiger partial charge on any atom is 0.338 e. The quantitative estimate of drug-likeness (QED) is 0.609. The van der Waals surface area contributed by atoms with Crippen LogP contribution in [0.4, 0.5) is 5.69 Å². The van der Waals surface area contributed by atoms with Crippen LogP contribution in [-0.2, 0) is 4.79 Å². The number of nitrogens with zero attached hydrogens (tertiary/aromatic N) is 3. The van der Waals surface area contributed by atoms with Crippen LogP contribution in [0.25, 0.3) is 0 Å². The molecule has 1 aliphatic rings. The van der Waals surface area contributed by atoms with Crippen molar-refractivity contribution in [1.82, 2.24) is 9.13 Å². The van der Waals surface area contributed by atoms with Crippen molar-refractivity contribution in [3.05, 3.63) is 97.7 Å². The fraction of sp³-hybridized carbons (Fsp3) is 0.143. The summed E-state index contributed by atoms with van der Waals surface area (Å²) in [6, 6.07) is 15.7. The smallest absolute Gasteiger partial charge is 0.311 e. The maximum absolute atomic E-state index is 13.0. The molecule has 0 bridgehead atoms. The normalized spacial score (nSPS) is 16.2. The van der Waals surface area contributed by atoms with E-state index in [1.165, 1.54) is 22.9 Å². The van der Waals surface area contributed by atoms with Crippen LogP contribution in [0.5, 0.6) is 0 Å². The van der Waals surface area contributed by atoms with E-state index in [0.717, 1.165) is 16.2 Å². The molecular weight excluding hydrogens is 438 g/mol. The molecule has 4 rings (SSSR count). The van der Waals surface area contributed by atoms with E-state index in [1.54, 1.807) is 23.1 Å². The topological polar surface area (TPSA) is 81.4 Å². The molecule has 1 saturated heterocycles. The zero-order valence-electron chi connectivity index (χ0n) is 15.2. The second kappa shape index (κ2) is 7.63. The Kier molecular flexibility index (Phi) is 5.02. The molecule has 1 amide bonds. The van der Waals surface area contributed by atoms with Gasteiger partial charge in [-0.1, -0.05) is 34.1 Å². The van der Waals surface area contributed by atoms with Gasteiger partial charge in [-0.15, -0.1) is 0 Å². The van der Waals surface area contributed by atoms with Crippen molar-refractivity contribution in [2.45, 2.75) is 12.5 Å². The number of aromatic nitrogens is 2. The molecule has 29 heavy (non-hydrogen) atoms. The van der Waals surface area contributed by atoms with Gasteiger partial charge in [0, 0.05) is 34.5 Å². The third kappa shape index (κ3) is 3.47. The Morgan fingerprint density at radius 1 is 0.931 bits per heavy atom. The summed E-state index contributed by atoms with van der Waals surface area (Å²) in [6.07, 6.45) is 1.68. The number of carbonyl (C=O) groups is 2. The van der Waals surface area contributed by atoms with E-state index in [-0.39, 0.29) is 11.5 Å². The van der Waals surface area contributed by atoms with E-state index in [2.05, 4.69) is 15.9 Å². The molecule has 2 heterocycles. The van der Waals surface area contributed by atoms with Crippen molar-refractivity contribution in [2.75, 3.05) is 11.4 Å². The van der Waals surface area contributed by atoms with Gasteiger partial charge in [-0.3, -0.25) is 19.0 Å². The van der Waals surface area contributed by atoms with E-state index in [1.807, 2.05) is 24.3 Å². The third-order valence-corrected chi connectivity index (χ3v) is 5.41. The molecule has 0 N–H and O–H groups in total. The Balaban J connectivity index is 1.71. The molecule has 0 aliphatic carbocycles. The molecule has 146 valence electrons. The van der Waals surface area contributed by atoms with Crippen LogP contribution in [0.2, 0.25) is 0 Å². The highest BCUT2D eigenvalue weighted by Crippen LogP contribution is 2.28. The van der Waals surface area contributed by atoms with Gasteiger partial charge in [0.1, 0.15) is 6.04 Å². The lowest BCUT2D eigenvalue weighted by Crippen LogP contribution is -2.45. The Morgan fingerprint density at radius 2 is 1.62 bits per heavy atom. The average molecular weight is 454 g/mol. The van der Waals surface area contributed by atoms with Crippen LogP contribution >= 0.6 is 15.9 Å². The Labute approximate surface area is 173 Å². The number of halogens is 1. The van der Waals surface area contributed by atoms with E-state index < -0.39 is 23.2 Å². The van der Waals surface area contributed by atoms with Crippen LogP contribution in [0.15, 0.2) is 80.9 Å². The summed E-state index contributed by atoms with van der Waals surface area (Å²) in [5.41, 5.74) is -0.598. The molecular formula is C21H16BrN3O4. The lowest BCUT2D eigenvalue weighted by atomic mass is 10.2. The molecule has 0 saturated carbocycles. The molecule has 1 fully saturated rings. The molecule has 0 radical (unpaired) electrons. The summed E-state index contributed by atoms with van der Waals surface area (Å²) in [5.74, 6) is -0.975. The molecule has 1 aromatic heterocycles. The SMILES string of the molecule is O=C1C(n2ccc(=O)n(C(=O)c3ccccc3)c2=O)CCN1c1ccc(Br)cc1. The standard InChI is InChI=1S/C21H16BrN3O4/c22-15-6-8-16(9-7-15)23-12-10-17(20(23)28)24-13-11-18(26)25(21(24)29)19(27)14-4-2-1-3-5-14/h1-9,11,13,17H,10,12H2. The van der Waals surface area contributed by atoms with E-state index in [0.29, 0.717) is 17.5 Å². The summed E-state index contributed by atoms with van der Waals surface area (Å²) in [7, 11) is 0. The van der Waals surface area contributed by atoms with Crippen LogP contribution < -0.4 is 16.1 Å². The lowest BCUT2D eigenvalue weighted by molar-refractivity contribution is -0.119. The van der Waals surface area contributed by atoms with Crippen molar-refractivity contribution >= 4 is 33.4 Å².